The summed E-state index contributed by atoms with van der Waals surface area (Å²) in [5, 5.41) is 4.80. The van der Waals surface area contributed by atoms with Crippen LogP contribution in [0.4, 0.5) is 0 Å². The Morgan fingerprint density at radius 2 is 1.85 bits per heavy atom. The molecular weight excluding hydrogens is 268 g/mol. The first-order valence-corrected chi connectivity index (χ1v) is 7.87. The maximum atomic E-state index is 6.35. The monoisotopic (exact) mass is 290 g/mol. The third-order valence-electron chi connectivity index (χ3n) is 3.70. The lowest BCUT2D eigenvalue weighted by atomic mass is 10.1. The van der Waals surface area contributed by atoms with E-state index < -0.39 is 0 Å². The minimum atomic E-state index is 0.0328. The van der Waals surface area contributed by atoms with E-state index in [1.54, 1.807) is 0 Å². The molecule has 0 aliphatic rings. The summed E-state index contributed by atoms with van der Waals surface area (Å²) in [5.74, 6) is 0. The van der Waals surface area contributed by atoms with Gasteiger partial charge in [-0.1, -0.05) is 44.2 Å². The van der Waals surface area contributed by atoms with Crippen LogP contribution in [0.15, 0.2) is 30.3 Å². The van der Waals surface area contributed by atoms with Gasteiger partial charge in [-0.15, -0.1) is 11.6 Å². The predicted molar refractivity (Wildman–Crippen MR) is 85.4 cm³/mol. The molecule has 0 saturated heterocycles. The van der Waals surface area contributed by atoms with Crippen LogP contribution in [0.3, 0.4) is 0 Å². The van der Waals surface area contributed by atoms with Gasteiger partial charge in [0.15, 0.2) is 0 Å². The molecule has 0 saturated carbocycles. The summed E-state index contributed by atoms with van der Waals surface area (Å²) in [5.41, 5.74) is 5.03. The molecule has 0 amide bonds. The number of alkyl halides is 1. The minimum Gasteiger partial charge on any atom is -0.269 e. The first-order valence-electron chi connectivity index (χ1n) is 7.43. The Morgan fingerprint density at radius 3 is 2.40 bits per heavy atom. The van der Waals surface area contributed by atoms with Gasteiger partial charge in [-0.05, 0) is 31.7 Å². The maximum Gasteiger partial charge on any atom is 0.0671 e. The number of hydrogen-bond donors (Lipinski definition) is 0. The van der Waals surface area contributed by atoms with Gasteiger partial charge in [-0.2, -0.15) is 5.10 Å². The van der Waals surface area contributed by atoms with Crippen LogP contribution in [0.2, 0.25) is 0 Å². The van der Waals surface area contributed by atoms with Crippen molar-refractivity contribution < 1.29 is 0 Å². The molecule has 1 unspecified atom stereocenters. The van der Waals surface area contributed by atoms with Crippen molar-refractivity contribution in [2.75, 3.05) is 0 Å². The van der Waals surface area contributed by atoms with Gasteiger partial charge in [-0.25, -0.2) is 0 Å². The molecule has 1 aromatic carbocycles. The topological polar surface area (TPSA) is 17.8 Å². The van der Waals surface area contributed by atoms with Gasteiger partial charge in [0.1, 0.15) is 0 Å². The average Bonchev–Trinajstić information content (AvgIpc) is 2.84. The summed E-state index contributed by atoms with van der Waals surface area (Å²) in [6, 6.07) is 10.6. The van der Waals surface area contributed by atoms with E-state index >= 15 is 0 Å². The summed E-state index contributed by atoms with van der Waals surface area (Å²) in [4.78, 5) is 0. The second kappa shape index (κ2) is 6.94. The van der Waals surface area contributed by atoms with E-state index in [0.717, 1.165) is 31.5 Å². The molecule has 0 fully saturated rings. The Kier molecular flexibility index (Phi) is 5.24. The molecule has 2 aromatic rings. The summed E-state index contributed by atoms with van der Waals surface area (Å²) in [7, 11) is 0. The highest BCUT2D eigenvalue weighted by Gasteiger charge is 2.18. The van der Waals surface area contributed by atoms with Gasteiger partial charge >= 0.3 is 0 Å². The summed E-state index contributed by atoms with van der Waals surface area (Å²) in [6.07, 6.45) is 2.93. The number of hydrogen-bond acceptors (Lipinski definition) is 1. The van der Waals surface area contributed by atoms with E-state index in [2.05, 4.69) is 48.9 Å². The fourth-order valence-corrected chi connectivity index (χ4v) is 2.98. The van der Waals surface area contributed by atoms with Gasteiger partial charge in [0.05, 0.1) is 11.1 Å². The van der Waals surface area contributed by atoms with Crippen molar-refractivity contribution in [3.05, 3.63) is 52.8 Å². The van der Waals surface area contributed by atoms with Crippen molar-refractivity contribution in [3.63, 3.8) is 0 Å². The van der Waals surface area contributed by atoms with Crippen LogP contribution in [0.25, 0.3) is 0 Å². The van der Waals surface area contributed by atoms with Gasteiger partial charge < -0.3 is 0 Å². The second-order valence-corrected chi connectivity index (χ2v) is 5.74. The minimum absolute atomic E-state index is 0.0328. The van der Waals surface area contributed by atoms with E-state index in [1.807, 2.05) is 6.92 Å². The Hall–Kier alpha value is -1.28. The molecule has 108 valence electrons. The molecule has 0 N–H and O–H groups in total. The van der Waals surface area contributed by atoms with Crippen molar-refractivity contribution in [3.8, 4) is 0 Å². The second-order valence-electron chi connectivity index (χ2n) is 5.09. The number of nitrogens with zero attached hydrogens (tertiary/aromatic N) is 2. The lowest BCUT2D eigenvalue weighted by molar-refractivity contribution is 0.580. The summed E-state index contributed by atoms with van der Waals surface area (Å²) in [6.45, 7) is 7.28. The van der Waals surface area contributed by atoms with E-state index in [0.29, 0.717) is 0 Å². The molecule has 0 bridgehead atoms. The SMILES string of the molecule is CCc1nn(CCc2ccccc2)c(CC)c1C(C)Cl. The van der Waals surface area contributed by atoms with E-state index in [4.69, 9.17) is 16.7 Å². The highest BCUT2D eigenvalue weighted by atomic mass is 35.5. The van der Waals surface area contributed by atoms with Crippen LogP contribution in [-0.4, -0.2) is 9.78 Å². The number of halogens is 1. The van der Waals surface area contributed by atoms with Gasteiger partial charge in [0.25, 0.3) is 0 Å². The number of benzene rings is 1. The van der Waals surface area contributed by atoms with Crippen molar-refractivity contribution >= 4 is 11.6 Å². The predicted octanol–water partition coefficient (Wildman–Crippen LogP) is 4.55. The zero-order valence-corrected chi connectivity index (χ0v) is 13.3. The Labute approximate surface area is 126 Å². The van der Waals surface area contributed by atoms with Gasteiger partial charge in [0, 0.05) is 17.8 Å². The first kappa shape index (κ1) is 15.1. The van der Waals surface area contributed by atoms with Gasteiger partial charge in [-0.3, -0.25) is 4.68 Å². The summed E-state index contributed by atoms with van der Waals surface area (Å²) >= 11 is 6.35. The first-order chi connectivity index (χ1) is 9.67. The normalized spacial score (nSPS) is 12.6. The van der Waals surface area contributed by atoms with Crippen LogP contribution in [0.5, 0.6) is 0 Å². The zero-order chi connectivity index (χ0) is 14.5. The van der Waals surface area contributed by atoms with Crippen molar-refractivity contribution in [2.24, 2.45) is 0 Å². The number of aryl methyl sites for hydroxylation is 3. The Bertz CT molecular complexity index is 544. The van der Waals surface area contributed by atoms with Gasteiger partial charge in [0.2, 0.25) is 0 Å². The molecule has 1 heterocycles. The molecular formula is C17H23ClN2. The maximum absolute atomic E-state index is 6.35. The third kappa shape index (κ3) is 3.24. The van der Waals surface area contributed by atoms with Crippen LogP contribution < -0.4 is 0 Å². The Balaban J connectivity index is 2.23. The molecule has 0 aliphatic carbocycles. The molecule has 1 atom stereocenters. The smallest absolute Gasteiger partial charge is 0.0671 e. The molecule has 0 aliphatic heterocycles. The third-order valence-corrected chi connectivity index (χ3v) is 3.92. The fourth-order valence-electron chi connectivity index (χ4n) is 2.72. The van der Waals surface area contributed by atoms with Crippen LogP contribution in [-0.2, 0) is 25.8 Å². The molecule has 2 nitrogen and oxygen atoms in total. The highest BCUT2D eigenvalue weighted by molar-refractivity contribution is 6.20. The largest absolute Gasteiger partial charge is 0.269 e. The van der Waals surface area contributed by atoms with Crippen LogP contribution in [0, 0.1) is 0 Å². The van der Waals surface area contributed by atoms with Crippen molar-refractivity contribution in [1.29, 1.82) is 0 Å². The quantitative estimate of drug-likeness (QED) is 0.714. The van der Waals surface area contributed by atoms with Crippen molar-refractivity contribution in [1.82, 2.24) is 9.78 Å². The average molecular weight is 291 g/mol. The molecule has 1 aromatic heterocycles. The van der Waals surface area contributed by atoms with E-state index in [9.17, 15) is 0 Å². The lowest BCUT2D eigenvalue weighted by Gasteiger charge is -2.09. The number of rotatable bonds is 6. The summed E-state index contributed by atoms with van der Waals surface area (Å²) < 4.78 is 2.15. The standard InChI is InChI=1S/C17H23ClN2/c1-4-15-17(13(3)18)16(5-2)20(19-15)12-11-14-9-7-6-8-10-14/h6-10,13H,4-5,11-12H2,1-3H3. The molecule has 0 radical (unpaired) electrons. The van der Waals surface area contributed by atoms with Crippen molar-refractivity contribution in [2.45, 2.75) is 52.0 Å². The van der Waals surface area contributed by atoms with E-state index in [-0.39, 0.29) is 5.38 Å². The Morgan fingerprint density at radius 1 is 1.15 bits per heavy atom. The highest BCUT2D eigenvalue weighted by Crippen LogP contribution is 2.28. The molecule has 0 spiro atoms. The van der Waals surface area contributed by atoms with Crippen LogP contribution in [0.1, 0.15) is 48.7 Å². The number of aromatic nitrogens is 2. The fraction of sp³-hybridized carbons (Fsp3) is 0.471. The molecule has 3 heteroatoms. The zero-order valence-electron chi connectivity index (χ0n) is 12.6. The molecule has 2 rings (SSSR count). The van der Waals surface area contributed by atoms with E-state index in [1.165, 1.54) is 16.8 Å². The molecule has 20 heavy (non-hydrogen) atoms. The van der Waals surface area contributed by atoms with Crippen LogP contribution >= 0.6 is 11.6 Å². The lowest BCUT2D eigenvalue weighted by Crippen LogP contribution is -2.08.